The fraction of sp³-hybridized carbons (Fsp3) is 0.625. The van der Waals surface area contributed by atoms with Gasteiger partial charge in [-0.15, -0.1) is 0 Å². The molecule has 0 aliphatic heterocycles. The molecule has 0 heterocycles. The van der Waals surface area contributed by atoms with Gasteiger partial charge in [-0.1, -0.05) is 26.0 Å². The number of benzene rings is 1. The number of ether oxygens (including phenoxy) is 1. The van der Waals surface area contributed by atoms with Crippen LogP contribution in [0.3, 0.4) is 0 Å². The third-order valence-electron chi connectivity index (χ3n) is 3.54. The average molecular weight is 263 g/mol. The molecule has 0 amide bonds. The quantitative estimate of drug-likeness (QED) is 0.757. The zero-order chi connectivity index (χ0) is 13.7. The van der Waals surface area contributed by atoms with E-state index in [1.807, 2.05) is 24.3 Å². The minimum absolute atomic E-state index is 0.148. The molecule has 3 nitrogen and oxygen atoms in total. The highest BCUT2D eigenvalue weighted by Gasteiger charge is 2.27. The first-order valence-corrected chi connectivity index (χ1v) is 7.41. The zero-order valence-corrected chi connectivity index (χ0v) is 11.9. The molecule has 0 aromatic heterocycles. The summed E-state index contributed by atoms with van der Waals surface area (Å²) in [5.41, 5.74) is 0.962. The van der Waals surface area contributed by atoms with Crippen molar-refractivity contribution in [1.29, 1.82) is 0 Å². The van der Waals surface area contributed by atoms with Crippen molar-refractivity contribution in [1.82, 2.24) is 5.32 Å². The van der Waals surface area contributed by atoms with Gasteiger partial charge in [0, 0.05) is 12.1 Å². The third kappa shape index (κ3) is 4.22. The molecule has 0 radical (unpaired) electrons. The van der Waals surface area contributed by atoms with Crippen molar-refractivity contribution in [3.05, 3.63) is 29.8 Å². The van der Waals surface area contributed by atoms with Gasteiger partial charge in [-0.25, -0.2) is 0 Å². The van der Waals surface area contributed by atoms with E-state index in [-0.39, 0.29) is 6.04 Å². The van der Waals surface area contributed by atoms with Gasteiger partial charge in [-0.2, -0.15) is 0 Å². The molecule has 19 heavy (non-hydrogen) atoms. The van der Waals surface area contributed by atoms with Gasteiger partial charge in [0.15, 0.2) is 0 Å². The summed E-state index contributed by atoms with van der Waals surface area (Å²) in [6, 6.07) is 8.58. The monoisotopic (exact) mass is 263 g/mol. The molecule has 106 valence electrons. The number of aliphatic hydroxyl groups excluding tert-OH is 1. The number of hydrogen-bond acceptors (Lipinski definition) is 3. The van der Waals surface area contributed by atoms with Gasteiger partial charge in [0.1, 0.15) is 5.75 Å². The molecule has 0 saturated heterocycles. The van der Waals surface area contributed by atoms with Gasteiger partial charge in [0.25, 0.3) is 0 Å². The van der Waals surface area contributed by atoms with Gasteiger partial charge in [-0.05, 0) is 43.4 Å². The zero-order valence-electron chi connectivity index (χ0n) is 11.9. The Balaban J connectivity index is 1.94. The lowest BCUT2D eigenvalue weighted by atomic mass is 10.00. The maximum atomic E-state index is 10.4. The largest absolute Gasteiger partial charge is 0.494 e. The first-order chi connectivity index (χ1) is 9.24. The standard InChI is InChI=1S/C16H25NO2/c1-3-11-19-14-9-5-12(6-10-14)16(18)15(4-2)17-13-7-8-13/h5-6,9-10,13,15-18H,3-4,7-8,11H2,1-2H3. The summed E-state index contributed by atoms with van der Waals surface area (Å²) in [6.45, 7) is 4.94. The Bertz CT molecular complexity index is 373. The van der Waals surface area contributed by atoms with E-state index in [9.17, 15) is 5.11 Å². The minimum Gasteiger partial charge on any atom is -0.494 e. The first-order valence-electron chi connectivity index (χ1n) is 7.41. The molecule has 3 heteroatoms. The molecule has 2 unspecified atom stereocenters. The fourth-order valence-corrected chi connectivity index (χ4v) is 2.20. The van der Waals surface area contributed by atoms with Crippen molar-refractivity contribution in [3.63, 3.8) is 0 Å². The van der Waals surface area contributed by atoms with Crippen LogP contribution in [0.25, 0.3) is 0 Å². The van der Waals surface area contributed by atoms with Crippen LogP contribution in [0.5, 0.6) is 5.75 Å². The molecule has 2 atom stereocenters. The van der Waals surface area contributed by atoms with Crippen LogP contribution in [0.15, 0.2) is 24.3 Å². The van der Waals surface area contributed by atoms with Crippen molar-refractivity contribution in [2.75, 3.05) is 6.61 Å². The van der Waals surface area contributed by atoms with Gasteiger partial charge < -0.3 is 15.2 Å². The molecular formula is C16H25NO2. The summed E-state index contributed by atoms with van der Waals surface area (Å²) >= 11 is 0. The fourth-order valence-electron chi connectivity index (χ4n) is 2.20. The highest BCUT2D eigenvalue weighted by molar-refractivity contribution is 5.29. The Morgan fingerprint density at radius 3 is 2.47 bits per heavy atom. The Morgan fingerprint density at radius 1 is 1.26 bits per heavy atom. The van der Waals surface area contributed by atoms with E-state index in [0.29, 0.717) is 6.04 Å². The molecule has 1 aliphatic carbocycles. The molecule has 1 aliphatic rings. The van der Waals surface area contributed by atoms with Crippen molar-refractivity contribution >= 4 is 0 Å². The van der Waals surface area contributed by atoms with Crippen LogP contribution in [0.1, 0.15) is 51.2 Å². The van der Waals surface area contributed by atoms with E-state index in [4.69, 9.17) is 4.74 Å². The highest BCUT2D eigenvalue weighted by atomic mass is 16.5. The smallest absolute Gasteiger partial charge is 0.119 e. The minimum atomic E-state index is -0.439. The first kappa shape index (κ1) is 14.4. The van der Waals surface area contributed by atoms with Crippen LogP contribution >= 0.6 is 0 Å². The number of nitrogens with one attached hydrogen (secondary N) is 1. The second-order valence-corrected chi connectivity index (χ2v) is 5.32. The van der Waals surface area contributed by atoms with E-state index >= 15 is 0 Å². The summed E-state index contributed by atoms with van der Waals surface area (Å²) in [5.74, 6) is 0.876. The van der Waals surface area contributed by atoms with Crippen LogP contribution in [-0.2, 0) is 0 Å². The molecule has 1 fully saturated rings. The van der Waals surface area contributed by atoms with Crippen molar-refractivity contribution in [3.8, 4) is 5.75 Å². The van der Waals surface area contributed by atoms with Crippen LogP contribution in [0, 0.1) is 0 Å². The summed E-state index contributed by atoms with van der Waals surface area (Å²) < 4.78 is 5.55. The van der Waals surface area contributed by atoms with E-state index < -0.39 is 6.10 Å². The topological polar surface area (TPSA) is 41.5 Å². The number of rotatable bonds is 8. The number of aliphatic hydroxyl groups is 1. The molecule has 2 rings (SSSR count). The van der Waals surface area contributed by atoms with Gasteiger partial charge in [-0.3, -0.25) is 0 Å². The van der Waals surface area contributed by atoms with E-state index in [2.05, 4.69) is 19.2 Å². The Labute approximate surface area is 116 Å². The van der Waals surface area contributed by atoms with Crippen LogP contribution in [0.4, 0.5) is 0 Å². The van der Waals surface area contributed by atoms with Crippen molar-refractivity contribution in [2.24, 2.45) is 0 Å². The molecule has 2 N–H and O–H groups in total. The lowest BCUT2D eigenvalue weighted by molar-refractivity contribution is 0.125. The molecule has 0 bridgehead atoms. The van der Waals surface area contributed by atoms with Gasteiger partial charge >= 0.3 is 0 Å². The summed E-state index contributed by atoms with van der Waals surface area (Å²) in [4.78, 5) is 0. The second kappa shape index (κ2) is 6.92. The van der Waals surface area contributed by atoms with E-state index in [1.165, 1.54) is 12.8 Å². The van der Waals surface area contributed by atoms with Crippen molar-refractivity contribution < 1.29 is 9.84 Å². The SMILES string of the molecule is CCCOc1ccc(C(O)C(CC)NC2CC2)cc1. The maximum absolute atomic E-state index is 10.4. The predicted octanol–water partition coefficient (Wildman–Crippen LogP) is 3.04. The van der Waals surface area contributed by atoms with E-state index in [1.54, 1.807) is 0 Å². The predicted molar refractivity (Wildman–Crippen MR) is 77.4 cm³/mol. The number of hydrogen-bond donors (Lipinski definition) is 2. The molecule has 1 saturated carbocycles. The second-order valence-electron chi connectivity index (χ2n) is 5.32. The molecule has 0 spiro atoms. The summed E-state index contributed by atoms with van der Waals surface area (Å²) in [6.07, 6.45) is 3.99. The summed E-state index contributed by atoms with van der Waals surface area (Å²) in [5, 5.41) is 13.9. The maximum Gasteiger partial charge on any atom is 0.119 e. The van der Waals surface area contributed by atoms with Crippen LogP contribution in [-0.4, -0.2) is 23.8 Å². The molecule has 1 aromatic rings. The van der Waals surface area contributed by atoms with Crippen molar-refractivity contribution in [2.45, 2.75) is 57.7 Å². The average Bonchev–Trinajstić information content (AvgIpc) is 3.26. The van der Waals surface area contributed by atoms with Gasteiger partial charge in [0.2, 0.25) is 0 Å². The Morgan fingerprint density at radius 2 is 1.95 bits per heavy atom. The van der Waals surface area contributed by atoms with Crippen LogP contribution < -0.4 is 10.1 Å². The summed E-state index contributed by atoms with van der Waals surface area (Å²) in [7, 11) is 0. The lowest BCUT2D eigenvalue weighted by Crippen LogP contribution is -2.35. The van der Waals surface area contributed by atoms with E-state index in [0.717, 1.165) is 30.8 Å². The van der Waals surface area contributed by atoms with Crippen LogP contribution in [0.2, 0.25) is 0 Å². The molecule has 1 aromatic carbocycles. The highest BCUT2D eigenvalue weighted by Crippen LogP contribution is 2.26. The normalized spacial score (nSPS) is 18.1. The lowest BCUT2D eigenvalue weighted by Gasteiger charge is -2.23. The van der Waals surface area contributed by atoms with Gasteiger partial charge in [0.05, 0.1) is 12.7 Å². The third-order valence-corrected chi connectivity index (χ3v) is 3.54. The molecular weight excluding hydrogens is 238 g/mol. The Hall–Kier alpha value is -1.06. The Kier molecular flexibility index (Phi) is 5.23.